The summed E-state index contributed by atoms with van der Waals surface area (Å²) in [4.78, 5) is 14.2. The van der Waals surface area contributed by atoms with Gasteiger partial charge in [-0.1, -0.05) is 6.92 Å². The van der Waals surface area contributed by atoms with Gasteiger partial charge in [-0.2, -0.15) is 0 Å². The third-order valence-corrected chi connectivity index (χ3v) is 3.90. The Kier molecular flexibility index (Phi) is 3.61. The zero-order valence-corrected chi connectivity index (χ0v) is 11.2. The number of rotatable bonds is 4. The number of furan rings is 1. The molecule has 4 heteroatoms. The smallest absolute Gasteiger partial charge is 0.203 e. The van der Waals surface area contributed by atoms with E-state index in [0.29, 0.717) is 16.9 Å². The summed E-state index contributed by atoms with van der Waals surface area (Å²) in [5, 5.41) is 0. The van der Waals surface area contributed by atoms with E-state index in [1.54, 1.807) is 23.5 Å². The minimum Gasteiger partial charge on any atom is -0.446 e. The molecule has 0 aliphatic heterocycles. The van der Waals surface area contributed by atoms with E-state index in [4.69, 9.17) is 4.42 Å². The first-order valence-electron chi connectivity index (χ1n) is 5.05. The lowest BCUT2D eigenvalue weighted by atomic mass is 10.2. The first kappa shape index (κ1) is 11.6. The van der Waals surface area contributed by atoms with Crippen LogP contribution in [0.3, 0.4) is 0 Å². The highest BCUT2D eigenvalue weighted by Crippen LogP contribution is 2.20. The Labute approximate surface area is 106 Å². The van der Waals surface area contributed by atoms with Crippen molar-refractivity contribution < 1.29 is 9.21 Å². The van der Waals surface area contributed by atoms with E-state index in [1.807, 2.05) is 6.07 Å². The molecule has 84 valence electrons. The van der Waals surface area contributed by atoms with Crippen LogP contribution in [0.5, 0.6) is 0 Å². The molecule has 2 nitrogen and oxygen atoms in total. The minimum atomic E-state index is 0.0233. The number of thiophene rings is 1. The molecule has 0 fully saturated rings. The summed E-state index contributed by atoms with van der Waals surface area (Å²) in [6.45, 7) is 2.11. The van der Waals surface area contributed by atoms with Gasteiger partial charge < -0.3 is 4.42 Å². The first-order chi connectivity index (χ1) is 7.69. The van der Waals surface area contributed by atoms with E-state index in [9.17, 15) is 4.79 Å². The van der Waals surface area contributed by atoms with Crippen molar-refractivity contribution in [2.75, 3.05) is 0 Å². The normalized spacial score (nSPS) is 10.6. The largest absolute Gasteiger partial charge is 0.446 e. The molecule has 2 aromatic heterocycles. The van der Waals surface area contributed by atoms with E-state index in [1.165, 1.54) is 4.88 Å². The molecular formula is C12H11BrO2S. The number of carbonyl (C=O) groups is 1. The standard InChI is InChI=1S/C12H11BrO2S/c1-2-8-3-4-9(16-8)7-10(14)11-5-6-12(13)15-11/h3-6H,2,7H2,1H3. The third kappa shape index (κ3) is 2.62. The van der Waals surface area contributed by atoms with Crippen LogP contribution in [-0.4, -0.2) is 5.78 Å². The van der Waals surface area contributed by atoms with E-state index in [0.717, 1.165) is 11.3 Å². The number of hydrogen-bond donors (Lipinski definition) is 0. The molecule has 0 aromatic carbocycles. The predicted octanol–water partition coefficient (Wildman–Crippen LogP) is 4.09. The molecule has 0 amide bonds. The summed E-state index contributed by atoms with van der Waals surface area (Å²) in [6.07, 6.45) is 1.44. The fraction of sp³-hybridized carbons (Fsp3) is 0.250. The molecule has 2 rings (SSSR count). The summed E-state index contributed by atoms with van der Waals surface area (Å²) in [6, 6.07) is 7.52. The lowest BCUT2D eigenvalue weighted by molar-refractivity contribution is 0.0966. The van der Waals surface area contributed by atoms with Gasteiger partial charge in [0.2, 0.25) is 5.78 Å². The maximum Gasteiger partial charge on any atom is 0.203 e. The van der Waals surface area contributed by atoms with Crippen LogP contribution in [-0.2, 0) is 12.8 Å². The Bertz CT molecular complexity index is 499. The van der Waals surface area contributed by atoms with Gasteiger partial charge in [-0.15, -0.1) is 11.3 Å². The molecule has 0 aliphatic carbocycles. The molecule has 2 aromatic rings. The molecule has 0 saturated carbocycles. The van der Waals surface area contributed by atoms with Gasteiger partial charge in [0.1, 0.15) is 0 Å². The first-order valence-corrected chi connectivity index (χ1v) is 6.66. The molecule has 16 heavy (non-hydrogen) atoms. The van der Waals surface area contributed by atoms with Crippen LogP contribution in [0.15, 0.2) is 33.4 Å². The average molecular weight is 299 g/mol. The van der Waals surface area contributed by atoms with Crippen molar-refractivity contribution in [1.29, 1.82) is 0 Å². The van der Waals surface area contributed by atoms with Crippen molar-refractivity contribution in [3.63, 3.8) is 0 Å². The van der Waals surface area contributed by atoms with Crippen molar-refractivity contribution in [3.8, 4) is 0 Å². The Balaban J connectivity index is 2.07. The molecule has 0 N–H and O–H groups in total. The molecule has 0 saturated heterocycles. The topological polar surface area (TPSA) is 30.2 Å². The van der Waals surface area contributed by atoms with Crippen molar-refractivity contribution in [2.24, 2.45) is 0 Å². The molecule has 0 unspecified atom stereocenters. The molecule has 0 aliphatic rings. The zero-order valence-electron chi connectivity index (χ0n) is 8.83. The van der Waals surface area contributed by atoms with Crippen LogP contribution in [0, 0.1) is 0 Å². The lowest BCUT2D eigenvalue weighted by Gasteiger charge is -1.94. The number of Topliss-reactive ketones (excluding diaryl/α,β-unsaturated/α-hetero) is 1. The lowest BCUT2D eigenvalue weighted by Crippen LogP contribution is -1.99. The minimum absolute atomic E-state index is 0.0233. The summed E-state index contributed by atoms with van der Waals surface area (Å²) in [7, 11) is 0. The fourth-order valence-corrected chi connectivity index (χ4v) is 2.68. The van der Waals surface area contributed by atoms with E-state index >= 15 is 0 Å². The second kappa shape index (κ2) is 4.97. The van der Waals surface area contributed by atoms with Gasteiger partial charge >= 0.3 is 0 Å². The third-order valence-electron chi connectivity index (χ3n) is 2.25. The molecule has 0 spiro atoms. The van der Waals surface area contributed by atoms with Crippen molar-refractivity contribution >= 4 is 33.0 Å². The Morgan fingerprint density at radius 3 is 2.62 bits per heavy atom. The van der Waals surface area contributed by atoms with E-state index in [2.05, 4.69) is 28.9 Å². The zero-order chi connectivity index (χ0) is 11.5. The molecule has 0 bridgehead atoms. The van der Waals surface area contributed by atoms with Crippen LogP contribution < -0.4 is 0 Å². The van der Waals surface area contributed by atoms with Gasteiger partial charge in [0.25, 0.3) is 0 Å². The Hall–Kier alpha value is -0.870. The highest BCUT2D eigenvalue weighted by molar-refractivity contribution is 9.10. The van der Waals surface area contributed by atoms with Gasteiger partial charge in [-0.05, 0) is 46.6 Å². The number of carbonyl (C=O) groups excluding carboxylic acids is 1. The van der Waals surface area contributed by atoms with Gasteiger partial charge in [-0.25, -0.2) is 0 Å². The highest BCUT2D eigenvalue weighted by Gasteiger charge is 2.12. The average Bonchev–Trinajstić information content (AvgIpc) is 2.87. The van der Waals surface area contributed by atoms with Gasteiger partial charge in [-0.3, -0.25) is 4.79 Å². The van der Waals surface area contributed by atoms with Crippen molar-refractivity contribution in [1.82, 2.24) is 0 Å². The monoisotopic (exact) mass is 298 g/mol. The van der Waals surface area contributed by atoms with Crippen LogP contribution >= 0.6 is 27.3 Å². The fourth-order valence-electron chi connectivity index (χ4n) is 1.42. The Morgan fingerprint density at radius 1 is 1.31 bits per heavy atom. The quantitative estimate of drug-likeness (QED) is 0.796. The van der Waals surface area contributed by atoms with Gasteiger partial charge in [0, 0.05) is 16.2 Å². The summed E-state index contributed by atoms with van der Waals surface area (Å²) in [5.41, 5.74) is 0. The molecule has 2 heterocycles. The van der Waals surface area contributed by atoms with Crippen LogP contribution in [0.2, 0.25) is 0 Å². The molecule has 0 atom stereocenters. The maximum absolute atomic E-state index is 11.8. The predicted molar refractivity (Wildman–Crippen MR) is 68.1 cm³/mol. The maximum atomic E-state index is 11.8. The molecular weight excluding hydrogens is 288 g/mol. The van der Waals surface area contributed by atoms with Gasteiger partial charge in [0.15, 0.2) is 10.4 Å². The molecule has 0 radical (unpaired) electrons. The van der Waals surface area contributed by atoms with Crippen molar-refractivity contribution in [3.05, 3.63) is 44.4 Å². The Morgan fingerprint density at radius 2 is 2.06 bits per heavy atom. The highest BCUT2D eigenvalue weighted by atomic mass is 79.9. The summed E-state index contributed by atoms with van der Waals surface area (Å²) >= 11 is 4.87. The van der Waals surface area contributed by atoms with Gasteiger partial charge in [0.05, 0.1) is 0 Å². The van der Waals surface area contributed by atoms with Crippen LogP contribution in [0.25, 0.3) is 0 Å². The number of aryl methyl sites for hydroxylation is 1. The number of hydrogen-bond acceptors (Lipinski definition) is 3. The van der Waals surface area contributed by atoms with E-state index < -0.39 is 0 Å². The SMILES string of the molecule is CCc1ccc(CC(=O)c2ccc(Br)o2)s1. The second-order valence-corrected chi connectivity index (χ2v) is 5.46. The number of ketones is 1. The van der Waals surface area contributed by atoms with Crippen molar-refractivity contribution in [2.45, 2.75) is 19.8 Å². The van der Waals surface area contributed by atoms with E-state index in [-0.39, 0.29) is 5.78 Å². The summed E-state index contributed by atoms with van der Waals surface area (Å²) in [5.74, 6) is 0.438. The van der Waals surface area contributed by atoms with Crippen LogP contribution in [0.1, 0.15) is 27.2 Å². The second-order valence-electron chi connectivity index (χ2n) is 3.43. The summed E-state index contributed by atoms with van der Waals surface area (Å²) < 4.78 is 5.82. The van der Waals surface area contributed by atoms with Crippen LogP contribution in [0.4, 0.5) is 0 Å². The number of halogens is 1.